The van der Waals surface area contributed by atoms with Gasteiger partial charge < -0.3 is 9.84 Å². The van der Waals surface area contributed by atoms with Crippen LogP contribution in [0.25, 0.3) is 0 Å². The molecule has 0 heterocycles. The Labute approximate surface area is 85.5 Å². The minimum atomic E-state index is -0.219. The minimum Gasteiger partial charge on any atom is -0.493 e. The van der Waals surface area contributed by atoms with E-state index in [4.69, 9.17) is 4.74 Å². The monoisotopic (exact) mass is 194 g/mol. The molecule has 1 atom stereocenters. The third-order valence-electron chi connectivity index (χ3n) is 2.08. The van der Waals surface area contributed by atoms with Crippen molar-refractivity contribution >= 4 is 0 Å². The van der Waals surface area contributed by atoms with Crippen LogP contribution in [0.2, 0.25) is 0 Å². The van der Waals surface area contributed by atoms with Crippen LogP contribution in [0, 0.1) is 0 Å². The third kappa shape index (κ3) is 4.28. The second-order valence-corrected chi connectivity index (χ2v) is 3.39. The van der Waals surface area contributed by atoms with Gasteiger partial charge in [0.2, 0.25) is 0 Å². The van der Waals surface area contributed by atoms with Gasteiger partial charge >= 0.3 is 0 Å². The van der Waals surface area contributed by atoms with Crippen LogP contribution in [0.15, 0.2) is 30.3 Å². The number of rotatable bonds is 6. The van der Waals surface area contributed by atoms with Gasteiger partial charge in [-0.05, 0) is 18.6 Å². The van der Waals surface area contributed by atoms with E-state index >= 15 is 0 Å². The highest BCUT2D eigenvalue weighted by Gasteiger charge is 2.02. The fourth-order valence-corrected chi connectivity index (χ4v) is 1.31. The zero-order valence-corrected chi connectivity index (χ0v) is 8.65. The van der Waals surface area contributed by atoms with Crippen molar-refractivity contribution in [2.75, 3.05) is 6.61 Å². The summed E-state index contributed by atoms with van der Waals surface area (Å²) in [5.74, 6) is 0.871. The molecule has 0 radical (unpaired) electrons. The van der Waals surface area contributed by atoms with E-state index in [0.717, 1.165) is 18.6 Å². The van der Waals surface area contributed by atoms with Crippen molar-refractivity contribution in [3.63, 3.8) is 0 Å². The van der Waals surface area contributed by atoms with E-state index in [9.17, 15) is 5.11 Å². The van der Waals surface area contributed by atoms with Crippen molar-refractivity contribution in [2.45, 2.75) is 32.3 Å². The molecule has 1 rings (SSSR count). The molecule has 1 aromatic rings. The average Bonchev–Trinajstić information content (AvgIpc) is 2.20. The lowest BCUT2D eigenvalue weighted by atomic mass is 10.1. The smallest absolute Gasteiger partial charge is 0.119 e. The highest BCUT2D eigenvalue weighted by molar-refractivity contribution is 5.20. The molecule has 0 bridgehead atoms. The summed E-state index contributed by atoms with van der Waals surface area (Å²) >= 11 is 0. The van der Waals surface area contributed by atoms with Crippen molar-refractivity contribution in [1.82, 2.24) is 0 Å². The zero-order chi connectivity index (χ0) is 10.2. The minimum absolute atomic E-state index is 0.219. The summed E-state index contributed by atoms with van der Waals surface area (Å²) in [6.45, 7) is 2.66. The molecule has 0 fully saturated rings. The fraction of sp³-hybridized carbons (Fsp3) is 0.500. The highest BCUT2D eigenvalue weighted by Crippen LogP contribution is 2.09. The van der Waals surface area contributed by atoms with Crippen LogP contribution in [0.4, 0.5) is 0 Å². The lowest BCUT2D eigenvalue weighted by molar-refractivity contribution is 0.130. The SMILES string of the molecule is CCC[C@@H](O)CCOc1ccccc1. The van der Waals surface area contributed by atoms with E-state index in [1.807, 2.05) is 30.3 Å². The molecule has 0 amide bonds. The molecule has 0 unspecified atom stereocenters. The molecule has 0 saturated carbocycles. The number of ether oxygens (including phenoxy) is 1. The molecule has 78 valence electrons. The summed E-state index contributed by atoms with van der Waals surface area (Å²) in [4.78, 5) is 0. The summed E-state index contributed by atoms with van der Waals surface area (Å²) in [6, 6.07) is 9.69. The van der Waals surface area contributed by atoms with Crippen LogP contribution < -0.4 is 4.74 Å². The Kier molecular flexibility index (Phi) is 5.08. The van der Waals surface area contributed by atoms with Gasteiger partial charge in [-0.25, -0.2) is 0 Å². The van der Waals surface area contributed by atoms with Gasteiger partial charge in [0.25, 0.3) is 0 Å². The first-order valence-electron chi connectivity index (χ1n) is 5.19. The number of aliphatic hydroxyl groups is 1. The average molecular weight is 194 g/mol. The van der Waals surface area contributed by atoms with Crippen molar-refractivity contribution in [3.05, 3.63) is 30.3 Å². The standard InChI is InChI=1S/C12H18O2/c1-2-6-11(13)9-10-14-12-7-4-3-5-8-12/h3-5,7-8,11,13H,2,6,9-10H2,1H3/t11-/m1/s1. The van der Waals surface area contributed by atoms with Crippen LogP contribution >= 0.6 is 0 Å². The largest absolute Gasteiger partial charge is 0.493 e. The highest BCUT2D eigenvalue weighted by atomic mass is 16.5. The van der Waals surface area contributed by atoms with E-state index in [0.29, 0.717) is 13.0 Å². The Balaban J connectivity index is 2.16. The molecule has 1 aromatic carbocycles. The van der Waals surface area contributed by atoms with Crippen molar-refractivity contribution in [3.8, 4) is 5.75 Å². The molecular formula is C12H18O2. The molecule has 2 heteroatoms. The Morgan fingerprint density at radius 3 is 2.57 bits per heavy atom. The van der Waals surface area contributed by atoms with Crippen LogP contribution in [0.5, 0.6) is 5.75 Å². The van der Waals surface area contributed by atoms with Crippen LogP contribution in [0.3, 0.4) is 0 Å². The maximum absolute atomic E-state index is 9.45. The summed E-state index contributed by atoms with van der Waals surface area (Å²) < 4.78 is 5.46. The number of hydrogen-bond acceptors (Lipinski definition) is 2. The molecule has 0 aromatic heterocycles. The van der Waals surface area contributed by atoms with Gasteiger partial charge in [0.15, 0.2) is 0 Å². The number of para-hydroxylation sites is 1. The van der Waals surface area contributed by atoms with E-state index < -0.39 is 0 Å². The lowest BCUT2D eigenvalue weighted by Crippen LogP contribution is -2.11. The molecule has 0 aliphatic rings. The third-order valence-corrected chi connectivity index (χ3v) is 2.08. The zero-order valence-electron chi connectivity index (χ0n) is 8.65. The van der Waals surface area contributed by atoms with E-state index in [-0.39, 0.29) is 6.10 Å². The molecule has 0 saturated heterocycles. The first-order chi connectivity index (χ1) is 6.83. The fourth-order valence-electron chi connectivity index (χ4n) is 1.31. The van der Waals surface area contributed by atoms with Gasteiger partial charge in [-0.15, -0.1) is 0 Å². The quantitative estimate of drug-likeness (QED) is 0.754. The first-order valence-corrected chi connectivity index (χ1v) is 5.19. The Hall–Kier alpha value is -1.02. The van der Waals surface area contributed by atoms with Gasteiger partial charge in [0, 0.05) is 6.42 Å². The van der Waals surface area contributed by atoms with Crippen molar-refractivity contribution in [2.24, 2.45) is 0 Å². The topological polar surface area (TPSA) is 29.5 Å². The van der Waals surface area contributed by atoms with Gasteiger partial charge in [-0.1, -0.05) is 31.5 Å². The molecule has 14 heavy (non-hydrogen) atoms. The van der Waals surface area contributed by atoms with Crippen LogP contribution in [-0.2, 0) is 0 Å². The summed E-state index contributed by atoms with van der Waals surface area (Å²) in [5.41, 5.74) is 0. The second kappa shape index (κ2) is 6.44. The molecule has 2 nitrogen and oxygen atoms in total. The maximum Gasteiger partial charge on any atom is 0.119 e. The van der Waals surface area contributed by atoms with Crippen LogP contribution in [0.1, 0.15) is 26.2 Å². The lowest BCUT2D eigenvalue weighted by Gasteiger charge is -2.10. The summed E-state index contributed by atoms with van der Waals surface area (Å²) in [5, 5.41) is 9.45. The molecule has 0 spiro atoms. The summed E-state index contributed by atoms with van der Waals surface area (Å²) in [6.07, 6.45) is 2.37. The van der Waals surface area contributed by atoms with Gasteiger partial charge in [0.1, 0.15) is 5.75 Å². The van der Waals surface area contributed by atoms with Crippen molar-refractivity contribution < 1.29 is 9.84 Å². The molecule has 0 aliphatic carbocycles. The predicted octanol–water partition coefficient (Wildman–Crippen LogP) is 2.62. The summed E-state index contributed by atoms with van der Waals surface area (Å²) in [7, 11) is 0. The molecule has 1 N–H and O–H groups in total. The molecular weight excluding hydrogens is 176 g/mol. The Morgan fingerprint density at radius 2 is 1.93 bits per heavy atom. The van der Waals surface area contributed by atoms with Gasteiger partial charge in [0.05, 0.1) is 12.7 Å². The number of benzene rings is 1. The van der Waals surface area contributed by atoms with E-state index in [1.165, 1.54) is 0 Å². The number of hydrogen-bond donors (Lipinski definition) is 1. The Morgan fingerprint density at radius 1 is 1.21 bits per heavy atom. The maximum atomic E-state index is 9.45. The van der Waals surface area contributed by atoms with Gasteiger partial charge in [-0.2, -0.15) is 0 Å². The second-order valence-electron chi connectivity index (χ2n) is 3.39. The first kappa shape index (κ1) is 11.1. The number of aliphatic hydroxyl groups excluding tert-OH is 1. The predicted molar refractivity (Wildman–Crippen MR) is 57.5 cm³/mol. The van der Waals surface area contributed by atoms with E-state index in [2.05, 4.69) is 6.92 Å². The van der Waals surface area contributed by atoms with Gasteiger partial charge in [-0.3, -0.25) is 0 Å². The molecule has 0 aliphatic heterocycles. The van der Waals surface area contributed by atoms with E-state index in [1.54, 1.807) is 0 Å². The Bertz CT molecular complexity index is 233. The normalized spacial score (nSPS) is 12.4. The van der Waals surface area contributed by atoms with Crippen LogP contribution in [-0.4, -0.2) is 17.8 Å². The van der Waals surface area contributed by atoms with Crippen molar-refractivity contribution in [1.29, 1.82) is 0 Å².